The third-order valence-electron chi connectivity index (χ3n) is 4.01. The van der Waals surface area contributed by atoms with Crippen molar-refractivity contribution in [1.82, 2.24) is 0 Å². The molecule has 9 heteroatoms. The van der Waals surface area contributed by atoms with Crippen LogP contribution in [0.25, 0.3) is 0 Å². The second-order valence-corrected chi connectivity index (χ2v) is 6.33. The summed E-state index contributed by atoms with van der Waals surface area (Å²) in [6, 6.07) is 11.0. The molecule has 2 N–H and O–H groups in total. The number of amides is 2. The van der Waals surface area contributed by atoms with Gasteiger partial charge in [-0.3, -0.25) is 24.5 Å². The second kappa shape index (κ2) is 9.98. The van der Waals surface area contributed by atoms with Crippen LogP contribution in [0.5, 0.6) is 0 Å². The Bertz CT molecular complexity index is 921. The van der Waals surface area contributed by atoms with Crippen molar-refractivity contribution in [2.24, 2.45) is 0 Å². The molecule has 0 unspecified atom stereocenters. The predicted molar refractivity (Wildman–Crippen MR) is 106 cm³/mol. The third-order valence-corrected chi connectivity index (χ3v) is 4.01. The highest BCUT2D eigenvalue weighted by Crippen LogP contribution is 2.20. The number of para-hydroxylation sites is 1. The van der Waals surface area contributed by atoms with Crippen LogP contribution in [0.1, 0.15) is 24.0 Å². The van der Waals surface area contributed by atoms with E-state index in [4.69, 9.17) is 4.74 Å². The molecule has 0 saturated heterocycles. The molecule has 2 rings (SSSR count). The molecular formula is C20H21N3O6. The zero-order valence-corrected chi connectivity index (χ0v) is 16.1. The van der Waals surface area contributed by atoms with E-state index in [-0.39, 0.29) is 30.1 Å². The van der Waals surface area contributed by atoms with Crippen LogP contribution in [0.3, 0.4) is 0 Å². The maximum Gasteiger partial charge on any atom is 0.306 e. The van der Waals surface area contributed by atoms with Crippen LogP contribution in [0, 0.1) is 24.0 Å². The van der Waals surface area contributed by atoms with Crippen LogP contribution in [-0.4, -0.2) is 29.3 Å². The molecule has 0 aliphatic carbocycles. The van der Waals surface area contributed by atoms with Crippen LogP contribution in [0.4, 0.5) is 17.1 Å². The molecule has 2 aromatic carbocycles. The van der Waals surface area contributed by atoms with Gasteiger partial charge in [-0.15, -0.1) is 0 Å². The number of anilines is 2. The number of nitro groups is 1. The van der Waals surface area contributed by atoms with Gasteiger partial charge in [-0.2, -0.15) is 0 Å². The maximum atomic E-state index is 12.0. The van der Waals surface area contributed by atoms with Gasteiger partial charge in [0.1, 0.15) is 0 Å². The first-order valence-corrected chi connectivity index (χ1v) is 8.82. The van der Waals surface area contributed by atoms with Crippen molar-refractivity contribution in [2.75, 3.05) is 17.2 Å². The van der Waals surface area contributed by atoms with Gasteiger partial charge in [0.05, 0.1) is 11.3 Å². The third kappa shape index (κ3) is 6.73. The number of nitro benzene ring substituents is 1. The van der Waals surface area contributed by atoms with E-state index in [1.54, 1.807) is 0 Å². The van der Waals surface area contributed by atoms with Crippen molar-refractivity contribution in [1.29, 1.82) is 0 Å². The highest BCUT2D eigenvalue weighted by Gasteiger charge is 2.13. The Hall–Kier alpha value is -3.75. The van der Waals surface area contributed by atoms with Gasteiger partial charge >= 0.3 is 5.97 Å². The van der Waals surface area contributed by atoms with Crippen LogP contribution >= 0.6 is 0 Å². The molecule has 0 saturated carbocycles. The van der Waals surface area contributed by atoms with Crippen LogP contribution in [-0.2, 0) is 19.1 Å². The summed E-state index contributed by atoms with van der Waals surface area (Å²) in [6.07, 6.45) is -0.264. The van der Waals surface area contributed by atoms with E-state index in [0.717, 1.165) is 11.1 Å². The van der Waals surface area contributed by atoms with Crippen LogP contribution < -0.4 is 10.6 Å². The summed E-state index contributed by atoms with van der Waals surface area (Å²) in [5, 5.41) is 15.9. The summed E-state index contributed by atoms with van der Waals surface area (Å²) in [5.41, 5.74) is 2.59. The Morgan fingerprint density at radius 3 is 2.28 bits per heavy atom. The zero-order chi connectivity index (χ0) is 21.4. The van der Waals surface area contributed by atoms with Crippen LogP contribution in [0.2, 0.25) is 0 Å². The fraction of sp³-hybridized carbons (Fsp3) is 0.250. The summed E-state index contributed by atoms with van der Waals surface area (Å²) < 4.78 is 4.84. The molecule has 0 aromatic heterocycles. The van der Waals surface area contributed by atoms with Crippen molar-refractivity contribution in [3.63, 3.8) is 0 Å². The SMILES string of the molecule is Cc1cccc(C)c1NC(=O)CCC(=O)OCC(=O)Nc1cccc([N+](=O)[O-])c1. The molecule has 0 spiro atoms. The van der Waals surface area contributed by atoms with Crippen molar-refractivity contribution in [2.45, 2.75) is 26.7 Å². The Labute approximate surface area is 167 Å². The average Bonchev–Trinajstić information content (AvgIpc) is 2.68. The van der Waals surface area contributed by atoms with E-state index in [0.29, 0.717) is 5.69 Å². The standard InChI is InChI=1S/C20H21N3O6/c1-13-5-3-6-14(2)20(13)22-17(24)9-10-19(26)29-12-18(25)21-15-7-4-8-16(11-15)23(27)28/h3-8,11H,9-10,12H2,1-2H3,(H,21,25)(H,22,24). The largest absolute Gasteiger partial charge is 0.456 e. The highest BCUT2D eigenvalue weighted by molar-refractivity contribution is 5.95. The molecule has 29 heavy (non-hydrogen) atoms. The average molecular weight is 399 g/mol. The smallest absolute Gasteiger partial charge is 0.306 e. The number of rotatable bonds is 8. The van der Waals surface area contributed by atoms with Crippen LogP contribution in [0.15, 0.2) is 42.5 Å². The predicted octanol–water partition coefficient (Wildman–Crippen LogP) is 3.11. The van der Waals surface area contributed by atoms with E-state index in [1.165, 1.54) is 24.3 Å². The molecule has 2 aromatic rings. The number of non-ortho nitro benzene ring substituents is 1. The molecule has 0 aliphatic heterocycles. The van der Waals surface area contributed by atoms with Gasteiger partial charge in [0.2, 0.25) is 5.91 Å². The molecule has 2 amide bonds. The van der Waals surface area contributed by atoms with Crippen molar-refractivity contribution in [3.05, 3.63) is 63.7 Å². The van der Waals surface area contributed by atoms with Gasteiger partial charge in [0, 0.05) is 29.9 Å². The van der Waals surface area contributed by atoms with Gasteiger partial charge in [0.25, 0.3) is 11.6 Å². The number of carbonyl (C=O) groups is 3. The minimum Gasteiger partial charge on any atom is -0.456 e. The number of carbonyl (C=O) groups excluding carboxylic acids is 3. The zero-order valence-electron chi connectivity index (χ0n) is 16.1. The first-order valence-electron chi connectivity index (χ1n) is 8.82. The quantitative estimate of drug-likeness (QED) is 0.399. The van der Waals surface area contributed by atoms with Gasteiger partial charge < -0.3 is 15.4 Å². The number of esters is 1. The Morgan fingerprint density at radius 1 is 0.966 bits per heavy atom. The summed E-state index contributed by atoms with van der Waals surface area (Å²) in [7, 11) is 0. The molecule has 0 heterocycles. The fourth-order valence-corrected chi connectivity index (χ4v) is 2.54. The Kier molecular flexibility index (Phi) is 7.41. The van der Waals surface area contributed by atoms with E-state index < -0.39 is 23.4 Å². The number of nitrogens with zero attached hydrogens (tertiary/aromatic N) is 1. The van der Waals surface area contributed by atoms with Gasteiger partial charge in [-0.1, -0.05) is 24.3 Å². The lowest BCUT2D eigenvalue weighted by atomic mass is 10.1. The lowest BCUT2D eigenvalue weighted by Crippen LogP contribution is -2.22. The summed E-state index contributed by atoms with van der Waals surface area (Å²) in [5.74, 6) is -1.67. The van der Waals surface area contributed by atoms with E-state index in [9.17, 15) is 24.5 Å². The number of aryl methyl sites for hydroxylation is 2. The topological polar surface area (TPSA) is 128 Å². The minimum atomic E-state index is -0.698. The first-order chi connectivity index (χ1) is 13.8. The molecule has 0 atom stereocenters. The maximum absolute atomic E-state index is 12.0. The highest BCUT2D eigenvalue weighted by atomic mass is 16.6. The van der Waals surface area contributed by atoms with E-state index in [2.05, 4.69) is 10.6 Å². The molecule has 0 aliphatic rings. The molecule has 0 radical (unpaired) electrons. The van der Waals surface area contributed by atoms with Crippen molar-refractivity contribution >= 4 is 34.8 Å². The molecule has 0 bridgehead atoms. The molecule has 0 fully saturated rings. The number of hydrogen-bond acceptors (Lipinski definition) is 6. The number of nitrogens with one attached hydrogen (secondary N) is 2. The monoisotopic (exact) mass is 399 g/mol. The van der Waals surface area contributed by atoms with Crippen molar-refractivity contribution < 1.29 is 24.0 Å². The first kappa shape index (κ1) is 21.5. The van der Waals surface area contributed by atoms with E-state index in [1.807, 2.05) is 32.0 Å². The Balaban J connectivity index is 1.75. The Morgan fingerprint density at radius 2 is 1.62 bits per heavy atom. The summed E-state index contributed by atoms with van der Waals surface area (Å²) in [6.45, 7) is 3.19. The molecular weight excluding hydrogens is 378 g/mol. The number of ether oxygens (including phenoxy) is 1. The normalized spacial score (nSPS) is 10.1. The van der Waals surface area contributed by atoms with E-state index >= 15 is 0 Å². The molecule has 152 valence electrons. The lowest BCUT2D eigenvalue weighted by Gasteiger charge is -2.11. The molecule has 9 nitrogen and oxygen atoms in total. The number of hydrogen-bond donors (Lipinski definition) is 2. The van der Waals surface area contributed by atoms with Gasteiger partial charge in [-0.25, -0.2) is 0 Å². The van der Waals surface area contributed by atoms with Gasteiger partial charge in [0.15, 0.2) is 6.61 Å². The van der Waals surface area contributed by atoms with Crippen molar-refractivity contribution in [3.8, 4) is 0 Å². The summed E-state index contributed by atoms with van der Waals surface area (Å²) in [4.78, 5) is 45.8. The fourth-order valence-electron chi connectivity index (χ4n) is 2.54. The lowest BCUT2D eigenvalue weighted by molar-refractivity contribution is -0.384. The second-order valence-electron chi connectivity index (χ2n) is 6.33. The van der Waals surface area contributed by atoms with Gasteiger partial charge in [-0.05, 0) is 31.0 Å². The minimum absolute atomic E-state index is 0.0842. The number of benzene rings is 2. The summed E-state index contributed by atoms with van der Waals surface area (Å²) >= 11 is 0.